The SMILES string of the molecule is Cc1cnccc1NCCNC(=O)c1nc2ncccn2n1. The van der Waals surface area contributed by atoms with E-state index in [1.807, 2.05) is 13.0 Å². The number of fused-ring (bicyclic) bond motifs is 1. The number of carbonyl (C=O) groups excluding carboxylic acids is 1. The van der Waals surface area contributed by atoms with Crippen LogP contribution in [-0.4, -0.2) is 43.6 Å². The van der Waals surface area contributed by atoms with Gasteiger partial charge in [-0.3, -0.25) is 9.78 Å². The molecule has 1 amide bonds. The molecule has 112 valence electrons. The molecule has 0 atom stereocenters. The molecule has 0 spiro atoms. The first-order valence-electron chi connectivity index (χ1n) is 6.84. The molecule has 2 N–H and O–H groups in total. The molecule has 3 rings (SSSR count). The maximum Gasteiger partial charge on any atom is 0.291 e. The molecule has 0 unspecified atom stereocenters. The Kier molecular flexibility index (Phi) is 3.90. The molecule has 0 saturated heterocycles. The maximum absolute atomic E-state index is 12.0. The first-order valence-corrected chi connectivity index (χ1v) is 6.84. The van der Waals surface area contributed by atoms with Gasteiger partial charge in [0.25, 0.3) is 11.7 Å². The van der Waals surface area contributed by atoms with Crippen LogP contribution in [0.1, 0.15) is 16.2 Å². The van der Waals surface area contributed by atoms with E-state index >= 15 is 0 Å². The Morgan fingerprint density at radius 3 is 3.05 bits per heavy atom. The number of nitrogens with one attached hydrogen (secondary N) is 2. The Balaban J connectivity index is 1.53. The number of amides is 1. The molecule has 22 heavy (non-hydrogen) atoms. The molecule has 8 nitrogen and oxygen atoms in total. The van der Waals surface area contributed by atoms with Crippen LogP contribution in [0.4, 0.5) is 5.69 Å². The van der Waals surface area contributed by atoms with Crippen LogP contribution in [0.25, 0.3) is 5.78 Å². The number of rotatable bonds is 5. The van der Waals surface area contributed by atoms with Crippen molar-refractivity contribution in [3.05, 3.63) is 48.3 Å². The van der Waals surface area contributed by atoms with Crippen molar-refractivity contribution in [2.75, 3.05) is 18.4 Å². The minimum atomic E-state index is -0.321. The van der Waals surface area contributed by atoms with Crippen LogP contribution in [-0.2, 0) is 0 Å². The predicted molar refractivity (Wildman–Crippen MR) is 80.6 cm³/mol. The van der Waals surface area contributed by atoms with Gasteiger partial charge in [0.15, 0.2) is 0 Å². The molecule has 0 aliphatic heterocycles. The van der Waals surface area contributed by atoms with Gasteiger partial charge in [-0.2, -0.15) is 4.98 Å². The van der Waals surface area contributed by atoms with Crippen molar-refractivity contribution >= 4 is 17.4 Å². The Morgan fingerprint density at radius 1 is 1.32 bits per heavy atom. The summed E-state index contributed by atoms with van der Waals surface area (Å²) in [5, 5.41) is 10.1. The van der Waals surface area contributed by atoms with Gasteiger partial charge in [0, 0.05) is 43.6 Å². The van der Waals surface area contributed by atoms with Crippen LogP contribution >= 0.6 is 0 Å². The van der Waals surface area contributed by atoms with Crippen LogP contribution in [0.5, 0.6) is 0 Å². The summed E-state index contributed by atoms with van der Waals surface area (Å²) in [5.74, 6) is 0.190. The first-order chi connectivity index (χ1) is 10.7. The van der Waals surface area contributed by atoms with Crippen LogP contribution in [0.3, 0.4) is 0 Å². The Labute approximate surface area is 126 Å². The predicted octanol–water partition coefficient (Wildman–Crippen LogP) is 0.670. The molecule has 0 saturated carbocycles. The minimum absolute atomic E-state index is 0.110. The Bertz CT molecular complexity index is 765. The van der Waals surface area contributed by atoms with Crippen molar-refractivity contribution < 1.29 is 4.79 Å². The fourth-order valence-corrected chi connectivity index (χ4v) is 1.95. The van der Waals surface area contributed by atoms with E-state index in [0.717, 1.165) is 11.3 Å². The quantitative estimate of drug-likeness (QED) is 0.672. The smallest absolute Gasteiger partial charge is 0.291 e. The number of aryl methyl sites for hydroxylation is 1. The Morgan fingerprint density at radius 2 is 2.23 bits per heavy atom. The zero-order valence-electron chi connectivity index (χ0n) is 12.0. The van der Waals surface area contributed by atoms with Crippen molar-refractivity contribution in [3.8, 4) is 0 Å². The van der Waals surface area contributed by atoms with Crippen molar-refractivity contribution in [2.24, 2.45) is 0 Å². The van der Waals surface area contributed by atoms with Gasteiger partial charge in [-0.15, -0.1) is 5.10 Å². The molecule has 0 radical (unpaired) electrons. The molecule has 0 aromatic carbocycles. The van der Waals surface area contributed by atoms with Crippen LogP contribution in [0.15, 0.2) is 36.9 Å². The summed E-state index contributed by atoms with van der Waals surface area (Å²) < 4.78 is 1.47. The average Bonchev–Trinajstić information content (AvgIpc) is 2.97. The summed E-state index contributed by atoms with van der Waals surface area (Å²) in [7, 11) is 0. The topological polar surface area (TPSA) is 97.1 Å². The summed E-state index contributed by atoms with van der Waals surface area (Å²) in [5.41, 5.74) is 2.06. The second-order valence-corrected chi connectivity index (χ2v) is 4.67. The number of hydrogen-bond acceptors (Lipinski definition) is 6. The van der Waals surface area contributed by atoms with Gasteiger partial charge in [-0.25, -0.2) is 9.50 Å². The zero-order chi connectivity index (χ0) is 15.4. The van der Waals surface area contributed by atoms with E-state index in [1.165, 1.54) is 4.52 Å². The Hall–Kier alpha value is -3.03. The highest BCUT2D eigenvalue weighted by atomic mass is 16.2. The van der Waals surface area contributed by atoms with Crippen molar-refractivity contribution in [3.63, 3.8) is 0 Å². The molecule has 0 aliphatic carbocycles. The minimum Gasteiger partial charge on any atom is -0.383 e. The number of aromatic nitrogens is 5. The third kappa shape index (κ3) is 3.00. The fraction of sp³-hybridized carbons (Fsp3) is 0.214. The van der Waals surface area contributed by atoms with E-state index in [0.29, 0.717) is 18.9 Å². The largest absolute Gasteiger partial charge is 0.383 e. The van der Waals surface area contributed by atoms with Gasteiger partial charge >= 0.3 is 0 Å². The second kappa shape index (κ2) is 6.17. The number of carbonyl (C=O) groups is 1. The van der Waals surface area contributed by atoms with Crippen molar-refractivity contribution in [2.45, 2.75) is 6.92 Å². The number of nitrogens with zero attached hydrogens (tertiary/aromatic N) is 5. The average molecular weight is 297 g/mol. The number of hydrogen-bond donors (Lipinski definition) is 2. The highest BCUT2D eigenvalue weighted by Gasteiger charge is 2.12. The molecule has 0 fully saturated rings. The lowest BCUT2D eigenvalue weighted by Gasteiger charge is -2.08. The summed E-state index contributed by atoms with van der Waals surface area (Å²) in [6.45, 7) is 3.04. The van der Waals surface area contributed by atoms with Crippen molar-refractivity contribution in [1.29, 1.82) is 0 Å². The van der Waals surface area contributed by atoms with Crippen LogP contribution in [0.2, 0.25) is 0 Å². The highest BCUT2D eigenvalue weighted by molar-refractivity contribution is 5.90. The maximum atomic E-state index is 12.0. The molecular weight excluding hydrogens is 282 g/mol. The lowest BCUT2D eigenvalue weighted by Crippen LogP contribution is -2.29. The van der Waals surface area contributed by atoms with Crippen LogP contribution < -0.4 is 10.6 Å². The van der Waals surface area contributed by atoms with Gasteiger partial charge in [0.2, 0.25) is 5.82 Å². The van der Waals surface area contributed by atoms with Gasteiger partial charge in [-0.05, 0) is 24.6 Å². The van der Waals surface area contributed by atoms with Crippen molar-refractivity contribution in [1.82, 2.24) is 29.9 Å². The lowest BCUT2D eigenvalue weighted by atomic mass is 10.2. The number of pyridine rings is 1. The van der Waals surface area contributed by atoms with Crippen LogP contribution in [0, 0.1) is 6.92 Å². The standard InChI is InChI=1S/C14H15N7O/c1-10-9-15-5-3-11(10)16-6-7-17-13(22)12-19-14-18-4-2-8-21(14)20-12/h2-5,8-9H,6-7H2,1H3,(H,15,16)(H,17,22). The third-order valence-corrected chi connectivity index (χ3v) is 3.07. The monoisotopic (exact) mass is 297 g/mol. The molecule has 3 aromatic rings. The van der Waals surface area contributed by atoms with E-state index in [9.17, 15) is 4.79 Å². The molecule has 0 bridgehead atoms. The van der Waals surface area contributed by atoms with E-state index in [4.69, 9.17) is 0 Å². The lowest BCUT2D eigenvalue weighted by molar-refractivity contribution is 0.0945. The normalized spacial score (nSPS) is 10.6. The zero-order valence-corrected chi connectivity index (χ0v) is 12.0. The summed E-state index contributed by atoms with van der Waals surface area (Å²) in [6.07, 6.45) is 6.81. The van der Waals surface area contributed by atoms with Gasteiger partial charge in [0.1, 0.15) is 0 Å². The molecule has 3 aromatic heterocycles. The number of anilines is 1. The molecule has 3 heterocycles. The highest BCUT2D eigenvalue weighted by Crippen LogP contribution is 2.10. The van der Waals surface area contributed by atoms with E-state index in [1.54, 1.807) is 30.9 Å². The van der Waals surface area contributed by atoms with Gasteiger partial charge in [-0.1, -0.05) is 0 Å². The molecule has 0 aliphatic rings. The van der Waals surface area contributed by atoms with E-state index in [-0.39, 0.29) is 11.7 Å². The summed E-state index contributed by atoms with van der Waals surface area (Å²) in [4.78, 5) is 24.1. The van der Waals surface area contributed by atoms with Gasteiger partial charge < -0.3 is 10.6 Å². The fourth-order valence-electron chi connectivity index (χ4n) is 1.95. The van der Waals surface area contributed by atoms with Gasteiger partial charge in [0.05, 0.1) is 0 Å². The second-order valence-electron chi connectivity index (χ2n) is 4.67. The third-order valence-electron chi connectivity index (χ3n) is 3.07. The summed E-state index contributed by atoms with van der Waals surface area (Å²) in [6, 6.07) is 3.62. The summed E-state index contributed by atoms with van der Waals surface area (Å²) >= 11 is 0. The molecule has 8 heteroatoms. The van der Waals surface area contributed by atoms with E-state index in [2.05, 4.69) is 30.7 Å². The van der Waals surface area contributed by atoms with E-state index < -0.39 is 0 Å². The first kappa shape index (κ1) is 13.9. The molecular formula is C14H15N7O.